The maximum Gasteiger partial charge on any atom is 0.145 e. The number of benzene rings is 2. The van der Waals surface area contributed by atoms with Crippen molar-refractivity contribution in [2.45, 2.75) is 0 Å². The number of imidazole rings is 1. The van der Waals surface area contributed by atoms with Gasteiger partial charge in [-0.25, -0.2) is 4.98 Å². The van der Waals surface area contributed by atoms with E-state index in [2.05, 4.69) is 10.5 Å². The van der Waals surface area contributed by atoms with E-state index in [0.717, 1.165) is 27.5 Å². The fourth-order valence-electron chi connectivity index (χ4n) is 2.55. The molecule has 0 aliphatic carbocycles. The number of thiazole rings is 1. The lowest BCUT2D eigenvalue weighted by Crippen LogP contribution is -1.86. The number of rotatable bonds is 2. The maximum absolute atomic E-state index is 8.94. The average Bonchev–Trinajstić information content (AvgIpc) is 3.18. The molecule has 23 heavy (non-hydrogen) atoms. The monoisotopic (exact) mass is 335 g/mol. The highest BCUT2D eigenvalue weighted by Gasteiger charge is 2.16. The van der Waals surface area contributed by atoms with Crippen LogP contribution >= 0.6 is 22.9 Å². The van der Waals surface area contributed by atoms with Crippen molar-refractivity contribution in [1.82, 2.24) is 9.38 Å². The zero-order chi connectivity index (χ0) is 15.8. The van der Waals surface area contributed by atoms with Gasteiger partial charge in [-0.2, -0.15) is 5.26 Å². The molecule has 0 spiro atoms. The first-order valence-corrected chi connectivity index (χ1v) is 8.24. The molecular weight excluding hydrogens is 326 g/mol. The summed E-state index contributed by atoms with van der Waals surface area (Å²) < 4.78 is 2.06. The van der Waals surface area contributed by atoms with Gasteiger partial charge in [0, 0.05) is 22.7 Å². The van der Waals surface area contributed by atoms with Crippen LogP contribution in [0.2, 0.25) is 5.02 Å². The summed E-state index contributed by atoms with van der Waals surface area (Å²) >= 11 is 7.97. The summed E-state index contributed by atoms with van der Waals surface area (Å²) in [7, 11) is 0. The van der Waals surface area contributed by atoms with Crippen molar-refractivity contribution in [3.63, 3.8) is 0 Å². The number of aromatic nitrogens is 2. The first-order chi connectivity index (χ1) is 11.3. The van der Waals surface area contributed by atoms with Gasteiger partial charge in [-0.05, 0) is 30.3 Å². The highest BCUT2D eigenvalue weighted by atomic mass is 35.5. The standard InChI is InChI=1S/C18H10ClN3S/c19-15-4-2-1-3-14(15)16-18-22(9-10-23-18)17(21-16)13-7-5-12(11-20)6-8-13/h1-10H. The summed E-state index contributed by atoms with van der Waals surface area (Å²) in [5.74, 6) is 0.848. The number of nitrogens with zero attached hydrogens (tertiary/aromatic N) is 3. The molecule has 5 heteroatoms. The molecule has 0 N–H and O–H groups in total. The van der Waals surface area contributed by atoms with Crippen LogP contribution < -0.4 is 0 Å². The lowest BCUT2D eigenvalue weighted by Gasteiger charge is -2.00. The molecule has 0 saturated heterocycles. The van der Waals surface area contributed by atoms with E-state index in [1.807, 2.05) is 48.0 Å². The van der Waals surface area contributed by atoms with E-state index in [0.29, 0.717) is 10.6 Å². The molecule has 2 aromatic carbocycles. The summed E-state index contributed by atoms with van der Waals surface area (Å²) in [6, 6.07) is 17.3. The summed E-state index contributed by atoms with van der Waals surface area (Å²) in [4.78, 5) is 5.87. The van der Waals surface area contributed by atoms with Crippen LogP contribution in [-0.4, -0.2) is 9.38 Å². The van der Waals surface area contributed by atoms with Crippen LogP contribution in [-0.2, 0) is 0 Å². The molecule has 0 bridgehead atoms. The first-order valence-electron chi connectivity index (χ1n) is 6.99. The predicted octanol–water partition coefficient (Wildman–Crippen LogP) is 5.25. The van der Waals surface area contributed by atoms with Crippen LogP contribution in [0.1, 0.15) is 5.56 Å². The third-order valence-corrected chi connectivity index (χ3v) is 4.86. The van der Waals surface area contributed by atoms with Crippen molar-refractivity contribution >= 4 is 27.8 Å². The Morgan fingerprint density at radius 1 is 1.09 bits per heavy atom. The van der Waals surface area contributed by atoms with Gasteiger partial charge in [-0.15, -0.1) is 11.3 Å². The third kappa shape index (κ3) is 2.31. The molecule has 0 fully saturated rings. The second-order valence-corrected chi connectivity index (χ2v) is 6.33. The Morgan fingerprint density at radius 2 is 1.87 bits per heavy atom. The Bertz CT molecular complexity index is 1040. The molecule has 0 saturated carbocycles. The fraction of sp³-hybridized carbons (Fsp3) is 0. The van der Waals surface area contributed by atoms with E-state index < -0.39 is 0 Å². The lowest BCUT2D eigenvalue weighted by atomic mass is 10.1. The largest absolute Gasteiger partial charge is 0.290 e. The number of hydrogen-bond acceptors (Lipinski definition) is 3. The van der Waals surface area contributed by atoms with Gasteiger partial charge in [-0.3, -0.25) is 4.40 Å². The minimum Gasteiger partial charge on any atom is -0.290 e. The number of fused-ring (bicyclic) bond motifs is 1. The van der Waals surface area contributed by atoms with Crippen molar-refractivity contribution in [3.8, 4) is 28.7 Å². The van der Waals surface area contributed by atoms with Crippen LogP contribution in [0.4, 0.5) is 0 Å². The second-order valence-electron chi connectivity index (χ2n) is 5.03. The topological polar surface area (TPSA) is 41.1 Å². The zero-order valence-corrected chi connectivity index (χ0v) is 13.5. The van der Waals surface area contributed by atoms with Crippen molar-refractivity contribution in [2.75, 3.05) is 0 Å². The van der Waals surface area contributed by atoms with Gasteiger partial charge in [0.15, 0.2) is 0 Å². The number of hydrogen-bond donors (Lipinski definition) is 0. The van der Waals surface area contributed by atoms with Crippen molar-refractivity contribution in [3.05, 3.63) is 70.7 Å². The lowest BCUT2D eigenvalue weighted by molar-refractivity contribution is 1.19. The second kappa shape index (κ2) is 5.54. The van der Waals surface area contributed by atoms with Gasteiger partial charge in [0.1, 0.15) is 16.3 Å². The van der Waals surface area contributed by atoms with Gasteiger partial charge in [0.2, 0.25) is 0 Å². The molecular formula is C18H10ClN3S. The normalized spacial score (nSPS) is 10.8. The molecule has 0 atom stereocenters. The Balaban J connectivity index is 1.94. The van der Waals surface area contributed by atoms with Gasteiger partial charge < -0.3 is 0 Å². The highest BCUT2D eigenvalue weighted by molar-refractivity contribution is 7.16. The SMILES string of the molecule is N#Cc1ccc(-c2nc(-c3ccccc3Cl)c3sccn23)cc1. The maximum atomic E-state index is 8.94. The molecule has 0 radical (unpaired) electrons. The van der Waals surface area contributed by atoms with E-state index in [-0.39, 0.29) is 0 Å². The summed E-state index contributed by atoms with van der Waals surface area (Å²) in [6.07, 6.45) is 2.00. The van der Waals surface area contributed by atoms with Crippen LogP contribution in [0, 0.1) is 11.3 Å². The average molecular weight is 336 g/mol. The molecule has 4 aromatic rings. The number of halogens is 1. The Kier molecular flexibility index (Phi) is 3.38. The summed E-state index contributed by atoms with van der Waals surface area (Å²) in [6.45, 7) is 0. The minimum atomic E-state index is 0.637. The van der Waals surface area contributed by atoms with E-state index in [1.165, 1.54) is 0 Å². The summed E-state index contributed by atoms with van der Waals surface area (Å²) in [5, 5.41) is 11.7. The zero-order valence-electron chi connectivity index (χ0n) is 11.9. The minimum absolute atomic E-state index is 0.637. The van der Waals surface area contributed by atoms with Gasteiger partial charge in [-0.1, -0.05) is 29.8 Å². The molecule has 3 nitrogen and oxygen atoms in total. The molecule has 0 aliphatic heterocycles. The molecule has 110 valence electrons. The quantitative estimate of drug-likeness (QED) is 0.501. The molecule has 2 aromatic heterocycles. The van der Waals surface area contributed by atoms with Gasteiger partial charge in [0.25, 0.3) is 0 Å². The van der Waals surface area contributed by atoms with Crippen LogP contribution in [0.15, 0.2) is 60.1 Å². The third-order valence-electron chi connectivity index (χ3n) is 3.66. The van der Waals surface area contributed by atoms with E-state index in [4.69, 9.17) is 21.8 Å². The van der Waals surface area contributed by atoms with E-state index >= 15 is 0 Å². The Morgan fingerprint density at radius 3 is 2.61 bits per heavy atom. The molecule has 0 aliphatic rings. The molecule has 4 rings (SSSR count). The van der Waals surface area contributed by atoms with Crippen molar-refractivity contribution in [2.24, 2.45) is 0 Å². The number of nitriles is 1. The van der Waals surface area contributed by atoms with Gasteiger partial charge >= 0.3 is 0 Å². The summed E-state index contributed by atoms with van der Waals surface area (Å²) in [5.41, 5.74) is 3.41. The van der Waals surface area contributed by atoms with Crippen LogP contribution in [0.5, 0.6) is 0 Å². The fourth-order valence-corrected chi connectivity index (χ4v) is 3.62. The van der Waals surface area contributed by atoms with Crippen molar-refractivity contribution < 1.29 is 0 Å². The first kappa shape index (κ1) is 14.0. The molecule has 2 heterocycles. The molecule has 0 unspecified atom stereocenters. The Hall–Kier alpha value is -2.61. The Labute approximate surface area is 142 Å². The smallest absolute Gasteiger partial charge is 0.145 e. The van der Waals surface area contributed by atoms with Gasteiger partial charge in [0.05, 0.1) is 16.7 Å². The van der Waals surface area contributed by atoms with Crippen molar-refractivity contribution in [1.29, 1.82) is 5.26 Å². The van der Waals surface area contributed by atoms with E-state index in [1.54, 1.807) is 23.5 Å². The van der Waals surface area contributed by atoms with Crippen LogP contribution in [0.25, 0.3) is 27.5 Å². The molecule has 0 amide bonds. The highest BCUT2D eigenvalue weighted by Crippen LogP contribution is 2.35. The predicted molar refractivity (Wildman–Crippen MR) is 93.7 cm³/mol. The van der Waals surface area contributed by atoms with E-state index in [9.17, 15) is 0 Å². The van der Waals surface area contributed by atoms with Crippen LogP contribution in [0.3, 0.4) is 0 Å².